The summed E-state index contributed by atoms with van der Waals surface area (Å²) in [6, 6.07) is 2.43. The number of nitrogens with zero attached hydrogens (tertiary/aromatic N) is 1. The first-order valence-corrected chi connectivity index (χ1v) is 7.65. The Kier molecular flexibility index (Phi) is 3.99. The molecule has 0 aliphatic carbocycles. The van der Waals surface area contributed by atoms with E-state index in [4.69, 9.17) is 5.11 Å². The Labute approximate surface area is 142 Å². The number of imide groups is 2. The van der Waals surface area contributed by atoms with Crippen LogP contribution in [0.3, 0.4) is 0 Å². The number of hydrogen-bond acceptors (Lipinski definition) is 6. The standard InChI is InChI=1S/C16H15N3O6/c1-7(16(24)25)17-9-4-2-3-8-12(9)15(23)19(14(8)22)10-5-6-11(20)18-13(10)21/h2-4,7,10,17H,5-6H2,1H3,(H,24,25)(H,18,20,21)/t7-,10?/m0/s1. The second-order valence-electron chi connectivity index (χ2n) is 5.88. The molecule has 4 amide bonds. The monoisotopic (exact) mass is 345 g/mol. The minimum atomic E-state index is -1.11. The maximum atomic E-state index is 12.8. The molecule has 1 aromatic carbocycles. The van der Waals surface area contributed by atoms with Crippen LogP contribution in [0.5, 0.6) is 0 Å². The molecule has 1 aromatic rings. The lowest BCUT2D eigenvalue weighted by Gasteiger charge is -2.27. The lowest BCUT2D eigenvalue weighted by Crippen LogP contribution is -2.54. The topological polar surface area (TPSA) is 133 Å². The second-order valence-corrected chi connectivity index (χ2v) is 5.88. The van der Waals surface area contributed by atoms with Crippen LogP contribution in [-0.4, -0.2) is 51.7 Å². The molecule has 2 heterocycles. The Bertz CT molecular complexity index is 818. The van der Waals surface area contributed by atoms with E-state index in [1.807, 2.05) is 0 Å². The van der Waals surface area contributed by atoms with E-state index >= 15 is 0 Å². The van der Waals surface area contributed by atoms with Gasteiger partial charge in [0.15, 0.2) is 0 Å². The molecule has 0 saturated carbocycles. The molecule has 2 aliphatic rings. The largest absolute Gasteiger partial charge is 0.480 e. The van der Waals surface area contributed by atoms with Gasteiger partial charge in [-0.15, -0.1) is 0 Å². The Morgan fingerprint density at radius 3 is 2.64 bits per heavy atom. The van der Waals surface area contributed by atoms with Crippen LogP contribution in [0.1, 0.15) is 40.5 Å². The lowest BCUT2D eigenvalue weighted by molar-refractivity contribution is -0.138. The summed E-state index contributed by atoms with van der Waals surface area (Å²) in [6.07, 6.45) is 0.0927. The van der Waals surface area contributed by atoms with Gasteiger partial charge in [-0.3, -0.25) is 34.2 Å². The number of carbonyl (C=O) groups is 5. The van der Waals surface area contributed by atoms with Crippen molar-refractivity contribution >= 4 is 35.3 Å². The van der Waals surface area contributed by atoms with Crippen LogP contribution in [0.25, 0.3) is 0 Å². The average Bonchev–Trinajstić information content (AvgIpc) is 2.80. The molecule has 1 fully saturated rings. The number of anilines is 1. The van der Waals surface area contributed by atoms with Crippen LogP contribution in [-0.2, 0) is 14.4 Å². The molecule has 130 valence electrons. The highest BCUT2D eigenvalue weighted by Gasteiger charge is 2.45. The average molecular weight is 345 g/mol. The van der Waals surface area contributed by atoms with Gasteiger partial charge in [-0.1, -0.05) is 6.07 Å². The number of nitrogens with one attached hydrogen (secondary N) is 2. The summed E-state index contributed by atoms with van der Waals surface area (Å²) < 4.78 is 0. The van der Waals surface area contributed by atoms with Crippen LogP contribution >= 0.6 is 0 Å². The summed E-state index contributed by atoms with van der Waals surface area (Å²) in [5, 5.41) is 13.8. The molecule has 9 nitrogen and oxygen atoms in total. The molecule has 25 heavy (non-hydrogen) atoms. The van der Waals surface area contributed by atoms with E-state index in [2.05, 4.69) is 10.6 Å². The van der Waals surface area contributed by atoms with Crippen LogP contribution in [0.15, 0.2) is 18.2 Å². The molecule has 0 spiro atoms. The Morgan fingerprint density at radius 1 is 1.28 bits per heavy atom. The zero-order valence-electron chi connectivity index (χ0n) is 13.2. The number of hydrogen-bond donors (Lipinski definition) is 3. The Balaban J connectivity index is 1.95. The van der Waals surface area contributed by atoms with Crippen LogP contribution in [0.2, 0.25) is 0 Å². The SMILES string of the molecule is C[C@H](Nc1cccc2c1C(=O)N(C1CCC(=O)NC1=O)C2=O)C(=O)O. The molecule has 9 heteroatoms. The van der Waals surface area contributed by atoms with Gasteiger partial charge >= 0.3 is 5.97 Å². The zero-order valence-corrected chi connectivity index (χ0v) is 13.2. The molecule has 2 aliphatic heterocycles. The molecule has 1 unspecified atom stereocenters. The maximum absolute atomic E-state index is 12.8. The van der Waals surface area contributed by atoms with Crippen molar-refractivity contribution in [1.82, 2.24) is 10.2 Å². The van der Waals surface area contributed by atoms with Crippen LogP contribution in [0, 0.1) is 0 Å². The van der Waals surface area contributed by atoms with Crippen molar-refractivity contribution < 1.29 is 29.1 Å². The van der Waals surface area contributed by atoms with E-state index < -0.39 is 41.7 Å². The first-order valence-electron chi connectivity index (χ1n) is 7.65. The van der Waals surface area contributed by atoms with Crippen molar-refractivity contribution in [3.8, 4) is 0 Å². The number of carboxylic acid groups (broad SMARTS) is 1. The fourth-order valence-electron chi connectivity index (χ4n) is 2.93. The predicted molar refractivity (Wildman–Crippen MR) is 83.8 cm³/mol. The molecule has 3 rings (SSSR count). The van der Waals surface area contributed by atoms with Gasteiger partial charge in [0.25, 0.3) is 11.8 Å². The summed E-state index contributed by atoms with van der Waals surface area (Å²) in [6.45, 7) is 1.40. The summed E-state index contributed by atoms with van der Waals surface area (Å²) in [5.74, 6) is -3.58. The first-order chi connectivity index (χ1) is 11.8. The normalized spacial score (nSPS) is 21.0. The summed E-state index contributed by atoms with van der Waals surface area (Å²) in [7, 11) is 0. The first kappa shape index (κ1) is 16.6. The fourth-order valence-corrected chi connectivity index (χ4v) is 2.93. The molecule has 0 bridgehead atoms. The van der Waals surface area contributed by atoms with Gasteiger partial charge in [0.05, 0.1) is 11.1 Å². The number of carboxylic acids is 1. The van der Waals surface area contributed by atoms with Crippen molar-refractivity contribution in [3.63, 3.8) is 0 Å². The second kappa shape index (κ2) is 6.00. The Morgan fingerprint density at radius 2 is 2.00 bits per heavy atom. The fraction of sp³-hybridized carbons (Fsp3) is 0.312. The van der Waals surface area contributed by atoms with Crippen molar-refractivity contribution in [2.24, 2.45) is 0 Å². The van der Waals surface area contributed by atoms with Gasteiger partial charge in [0, 0.05) is 12.1 Å². The molecule has 0 aromatic heterocycles. The van der Waals surface area contributed by atoms with Gasteiger partial charge in [-0.2, -0.15) is 0 Å². The van der Waals surface area contributed by atoms with E-state index in [1.54, 1.807) is 0 Å². The number of fused-ring (bicyclic) bond motifs is 1. The third-order valence-electron chi connectivity index (χ3n) is 4.21. The summed E-state index contributed by atoms with van der Waals surface area (Å²) >= 11 is 0. The highest BCUT2D eigenvalue weighted by atomic mass is 16.4. The number of aliphatic carboxylic acids is 1. The number of carbonyl (C=O) groups excluding carboxylic acids is 4. The highest BCUT2D eigenvalue weighted by Crippen LogP contribution is 2.32. The van der Waals surface area contributed by atoms with E-state index in [0.717, 1.165) is 4.90 Å². The van der Waals surface area contributed by atoms with Gasteiger partial charge in [-0.25, -0.2) is 0 Å². The molecule has 2 atom stereocenters. The minimum absolute atomic E-state index is 0.0327. The number of piperidine rings is 1. The molecule has 1 saturated heterocycles. The third-order valence-corrected chi connectivity index (χ3v) is 4.21. The summed E-state index contributed by atoms with van der Waals surface area (Å²) in [4.78, 5) is 60.5. The quantitative estimate of drug-likeness (QED) is 0.653. The number of rotatable bonds is 4. The maximum Gasteiger partial charge on any atom is 0.325 e. The van der Waals surface area contributed by atoms with Crippen LogP contribution < -0.4 is 10.6 Å². The van der Waals surface area contributed by atoms with Gasteiger partial charge < -0.3 is 10.4 Å². The Hall–Kier alpha value is -3.23. The number of benzene rings is 1. The van der Waals surface area contributed by atoms with Gasteiger partial charge in [-0.05, 0) is 25.5 Å². The lowest BCUT2D eigenvalue weighted by atomic mass is 10.0. The highest BCUT2D eigenvalue weighted by molar-refractivity contribution is 6.25. The van der Waals surface area contributed by atoms with Crippen molar-refractivity contribution in [1.29, 1.82) is 0 Å². The van der Waals surface area contributed by atoms with E-state index in [-0.39, 0.29) is 29.7 Å². The summed E-state index contributed by atoms with van der Waals surface area (Å²) in [5.41, 5.74) is 0.336. The smallest absolute Gasteiger partial charge is 0.325 e. The van der Waals surface area contributed by atoms with E-state index in [0.29, 0.717) is 0 Å². The van der Waals surface area contributed by atoms with Crippen molar-refractivity contribution in [2.45, 2.75) is 31.8 Å². The van der Waals surface area contributed by atoms with Crippen molar-refractivity contribution in [2.75, 3.05) is 5.32 Å². The van der Waals surface area contributed by atoms with Gasteiger partial charge in [0.1, 0.15) is 12.1 Å². The molecule has 0 radical (unpaired) electrons. The molecular weight excluding hydrogens is 330 g/mol. The zero-order chi connectivity index (χ0) is 18.3. The van der Waals surface area contributed by atoms with Gasteiger partial charge in [0.2, 0.25) is 11.8 Å². The minimum Gasteiger partial charge on any atom is -0.480 e. The van der Waals surface area contributed by atoms with E-state index in [1.165, 1.54) is 25.1 Å². The molecule has 3 N–H and O–H groups in total. The van der Waals surface area contributed by atoms with Crippen LogP contribution in [0.4, 0.5) is 5.69 Å². The third kappa shape index (κ3) is 2.73. The van der Waals surface area contributed by atoms with Crippen molar-refractivity contribution in [3.05, 3.63) is 29.3 Å². The molecular formula is C16H15N3O6. The predicted octanol–water partition coefficient (Wildman–Crippen LogP) is -0.0272. The van der Waals surface area contributed by atoms with E-state index in [9.17, 15) is 24.0 Å². The number of amides is 4.